The summed E-state index contributed by atoms with van der Waals surface area (Å²) < 4.78 is 2.04. The zero-order valence-corrected chi connectivity index (χ0v) is 15.8. The molecule has 0 saturated heterocycles. The highest BCUT2D eigenvalue weighted by Gasteiger charge is 2.16. The third-order valence-corrected chi connectivity index (χ3v) is 6.95. The first-order valence-corrected chi connectivity index (χ1v) is 9.71. The van der Waals surface area contributed by atoms with E-state index >= 15 is 0 Å². The first-order chi connectivity index (χ1) is 12.1. The van der Waals surface area contributed by atoms with Crippen LogP contribution in [0.15, 0.2) is 53.6 Å². The van der Waals surface area contributed by atoms with Crippen molar-refractivity contribution in [3.05, 3.63) is 68.3 Å². The lowest BCUT2D eigenvalue weighted by atomic mass is 10.2. The minimum Gasteiger partial charge on any atom is -0.266 e. The molecule has 1 N–H and O–H groups in total. The predicted molar refractivity (Wildman–Crippen MR) is 109 cm³/mol. The van der Waals surface area contributed by atoms with E-state index in [1.165, 1.54) is 22.7 Å². The number of fused-ring (bicyclic) bond motifs is 2. The third kappa shape index (κ3) is 3.04. The van der Waals surface area contributed by atoms with E-state index in [4.69, 9.17) is 23.2 Å². The van der Waals surface area contributed by atoms with Crippen molar-refractivity contribution in [3.63, 3.8) is 0 Å². The molecule has 0 spiro atoms. The summed E-state index contributed by atoms with van der Waals surface area (Å²) in [6.45, 7) is 0. The van der Waals surface area contributed by atoms with Gasteiger partial charge in [0.1, 0.15) is 4.88 Å². The van der Waals surface area contributed by atoms with Crippen LogP contribution in [0.3, 0.4) is 0 Å². The summed E-state index contributed by atoms with van der Waals surface area (Å²) in [6.07, 6.45) is 1.56. The van der Waals surface area contributed by atoms with Crippen molar-refractivity contribution in [2.45, 2.75) is 0 Å². The monoisotopic (exact) mass is 404 g/mol. The molecule has 0 aliphatic carbocycles. The Morgan fingerprint density at radius 3 is 2.16 bits per heavy atom. The van der Waals surface area contributed by atoms with Gasteiger partial charge in [-0.25, -0.2) is 5.43 Å². The van der Waals surface area contributed by atoms with Crippen LogP contribution in [-0.2, 0) is 0 Å². The highest BCUT2D eigenvalue weighted by Crippen LogP contribution is 2.35. The van der Waals surface area contributed by atoms with Gasteiger partial charge in [-0.2, -0.15) is 5.10 Å². The number of hydrogen-bond acceptors (Lipinski definition) is 4. The maximum absolute atomic E-state index is 12.4. The molecule has 124 valence electrons. The molecule has 0 aliphatic heterocycles. The number of nitrogens with zero attached hydrogens (tertiary/aromatic N) is 1. The van der Waals surface area contributed by atoms with Crippen molar-refractivity contribution in [2.75, 3.05) is 0 Å². The molecule has 0 radical (unpaired) electrons. The Morgan fingerprint density at radius 1 is 0.920 bits per heavy atom. The van der Waals surface area contributed by atoms with Crippen molar-refractivity contribution in [3.8, 4) is 0 Å². The van der Waals surface area contributed by atoms with Gasteiger partial charge in [0.25, 0.3) is 5.91 Å². The van der Waals surface area contributed by atoms with E-state index in [0.717, 1.165) is 25.0 Å². The summed E-state index contributed by atoms with van der Waals surface area (Å²) in [7, 11) is 0. The quantitative estimate of drug-likeness (QED) is 0.321. The highest BCUT2D eigenvalue weighted by atomic mass is 35.5. The fourth-order valence-electron chi connectivity index (χ4n) is 2.48. The normalized spacial score (nSPS) is 11.6. The number of benzene rings is 2. The zero-order valence-electron chi connectivity index (χ0n) is 12.6. The predicted octanol–water partition coefficient (Wildman–Crippen LogP) is 6.19. The number of amides is 1. The second kappa shape index (κ2) is 6.77. The number of nitrogens with one attached hydrogen (secondary N) is 1. The SMILES string of the molecule is O=C(N/N=C/c1sc2ccccc2c1Cl)c1sc2ccccc2c1Cl. The lowest BCUT2D eigenvalue weighted by Gasteiger charge is -1.96. The van der Waals surface area contributed by atoms with Crippen molar-refractivity contribution in [2.24, 2.45) is 5.10 Å². The third-order valence-electron chi connectivity index (χ3n) is 3.65. The van der Waals surface area contributed by atoms with E-state index in [2.05, 4.69) is 10.5 Å². The largest absolute Gasteiger partial charge is 0.283 e. The summed E-state index contributed by atoms with van der Waals surface area (Å²) in [4.78, 5) is 13.6. The molecular formula is C18H10Cl2N2OS2. The topological polar surface area (TPSA) is 41.5 Å². The van der Waals surface area contributed by atoms with E-state index in [0.29, 0.717) is 14.9 Å². The summed E-state index contributed by atoms with van der Waals surface area (Å²) in [5, 5.41) is 6.98. The van der Waals surface area contributed by atoms with Crippen LogP contribution in [0.2, 0.25) is 10.0 Å². The van der Waals surface area contributed by atoms with Crippen LogP contribution >= 0.6 is 45.9 Å². The van der Waals surface area contributed by atoms with Crippen molar-refractivity contribution in [1.82, 2.24) is 5.43 Å². The average Bonchev–Trinajstić information content (AvgIpc) is 3.14. The molecule has 4 rings (SSSR count). The summed E-state index contributed by atoms with van der Waals surface area (Å²) in [5.74, 6) is -0.334. The van der Waals surface area contributed by atoms with Gasteiger partial charge in [-0.1, -0.05) is 59.6 Å². The maximum atomic E-state index is 12.4. The lowest BCUT2D eigenvalue weighted by Crippen LogP contribution is -2.16. The Kier molecular flexibility index (Phi) is 4.48. The molecule has 3 nitrogen and oxygen atoms in total. The Labute approximate surface area is 161 Å². The second-order valence-electron chi connectivity index (χ2n) is 5.22. The maximum Gasteiger partial charge on any atom is 0.283 e. The molecule has 0 bridgehead atoms. The van der Waals surface area contributed by atoms with Gasteiger partial charge in [0.15, 0.2) is 0 Å². The minimum atomic E-state index is -0.334. The summed E-state index contributed by atoms with van der Waals surface area (Å²) in [5.41, 5.74) is 2.53. The Balaban J connectivity index is 1.57. The van der Waals surface area contributed by atoms with E-state index in [1.54, 1.807) is 6.21 Å². The number of carbonyl (C=O) groups excluding carboxylic acids is 1. The van der Waals surface area contributed by atoms with Crippen LogP contribution in [-0.4, -0.2) is 12.1 Å². The van der Waals surface area contributed by atoms with Gasteiger partial charge in [-0.15, -0.1) is 22.7 Å². The number of hydrogen-bond donors (Lipinski definition) is 1. The van der Waals surface area contributed by atoms with Gasteiger partial charge in [0.2, 0.25) is 0 Å². The van der Waals surface area contributed by atoms with Gasteiger partial charge in [-0.3, -0.25) is 4.79 Å². The molecule has 1 amide bonds. The van der Waals surface area contributed by atoms with Crippen LogP contribution < -0.4 is 5.43 Å². The first-order valence-electron chi connectivity index (χ1n) is 7.32. The summed E-state index contributed by atoms with van der Waals surface area (Å²) >= 11 is 15.5. The van der Waals surface area contributed by atoms with Gasteiger partial charge < -0.3 is 0 Å². The fraction of sp³-hybridized carbons (Fsp3) is 0. The van der Waals surface area contributed by atoms with E-state index in [1.807, 2.05) is 48.5 Å². The molecule has 0 unspecified atom stereocenters. The van der Waals surface area contributed by atoms with Gasteiger partial charge in [0, 0.05) is 20.2 Å². The van der Waals surface area contributed by atoms with Gasteiger partial charge in [0.05, 0.1) is 21.1 Å². The molecule has 0 saturated carbocycles. The summed E-state index contributed by atoms with van der Waals surface area (Å²) in [6, 6.07) is 15.5. The van der Waals surface area contributed by atoms with Crippen LogP contribution in [0.25, 0.3) is 20.2 Å². The van der Waals surface area contributed by atoms with Crippen LogP contribution in [0.4, 0.5) is 0 Å². The molecule has 2 aromatic carbocycles. The van der Waals surface area contributed by atoms with Crippen LogP contribution in [0.1, 0.15) is 14.5 Å². The molecule has 2 aromatic heterocycles. The molecule has 2 heterocycles. The molecular weight excluding hydrogens is 395 g/mol. The van der Waals surface area contributed by atoms with Crippen molar-refractivity contribution >= 4 is 78.2 Å². The molecule has 0 atom stereocenters. The zero-order chi connectivity index (χ0) is 17.4. The van der Waals surface area contributed by atoms with E-state index in [-0.39, 0.29) is 5.91 Å². The number of hydrazone groups is 1. The standard InChI is InChI=1S/C18H10Cl2N2OS2/c19-15-10-5-1-3-7-12(10)24-14(15)9-21-22-18(23)17-16(20)11-6-2-4-8-13(11)25-17/h1-9H,(H,22,23)/b21-9+. The Morgan fingerprint density at radius 2 is 1.52 bits per heavy atom. The highest BCUT2D eigenvalue weighted by molar-refractivity contribution is 7.22. The van der Waals surface area contributed by atoms with E-state index < -0.39 is 0 Å². The molecule has 4 aromatic rings. The first kappa shape index (κ1) is 16.5. The van der Waals surface area contributed by atoms with Gasteiger partial charge in [-0.05, 0) is 12.1 Å². The minimum absolute atomic E-state index is 0.334. The van der Waals surface area contributed by atoms with Crippen LogP contribution in [0.5, 0.6) is 0 Å². The fourth-order valence-corrected chi connectivity index (χ4v) is 5.24. The van der Waals surface area contributed by atoms with Crippen molar-refractivity contribution in [1.29, 1.82) is 0 Å². The molecule has 0 fully saturated rings. The molecule has 0 aliphatic rings. The van der Waals surface area contributed by atoms with Crippen LogP contribution in [0, 0.1) is 0 Å². The Hall–Kier alpha value is -1.92. The average molecular weight is 405 g/mol. The number of carbonyl (C=O) groups is 1. The Bertz CT molecular complexity index is 1130. The smallest absolute Gasteiger partial charge is 0.266 e. The number of rotatable bonds is 3. The van der Waals surface area contributed by atoms with Gasteiger partial charge >= 0.3 is 0 Å². The number of halogens is 2. The van der Waals surface area contributed by atoms with E-state index in [9.17, 15) is 4.79 Å². The second-order valence-corrected chi connectivity index (χ2v) is 8.11. The lowest BCUT2D eigenvalue weighted by molar-refractivity contribution is 0.0959. The van der Waals surface area contributed by atoms with Crippen molar-refractivity contribution < 1.29 is 4.79 Å². The number of thiophene rings is 2. The molecule has 7 heteroatoms. The molecule has 25 heavy (non-hydrogen) atoms.